The predicted molar refractivity (Wildman–Crippen MR) is 109 cm³/mol. The van der Waals surface area contributed by atoms with E-state index >= 15 is 0 Å². The summed E-state index contributed by atoms with van der Waals surface area (Å²) in [5, 5.41) is 10.2. The van der Waals surface area contributed by atoms with Crippen molar-refractivity contribution in [1.82, 2.24) is 19.6 Å². The van der Waals surface area contributed by atoms with Gasteiger partial charge in [0.25, 0.3) is 0 Å². The van der Waals surface area contributed by atoms with Gasteiger partial charge in [0.15, 0.2) is 5.82 Å². The van der Waals surface area contributed by atoms with Crippen molar-refractivity contribution < 1.29 is 9.59 Å². The minimum atomic E-state index is -0.234. The number of rotatable bonds is 6. The second kappa shape index (κ2) is 9.36. The lowest BCUT2D eigenvalue weighted by Gasteiger charge is -2.31. The molecule has 150 valence electrons. The molecule has 1 aromatic carbocycles. The van der Waals surface area contributed by atoms with Crippen LogP contribution in [-0.4, -0.2) is 65.2 Å². The molecule has 1 unspecified atom stereocenters. The van der Waals surface area contributed by atoms with Gasteiger partial charge in [-0.3, -0.25) is 9.48 Å². The van der Waals surface area contributed by atoms with Gasteiger partial charge in [0, 0.05) is 37.6 Å². The summed E-state index contributed by atoms with van der Waals surface area (Å²) in [4.78, 5) is 28.9. The molecule has 1 aromatic heterocycles. The standard InChI is InChI=1S/C20H28N6O2/c1-24(2)13-14-26-12-10-18(23-26)22-19(27)16-7-6-11-25(15-16)20(28)21-17-8-4-3-5-9-17/h3-5,8-10,12,16H,6-7,11,13-15H2,1-2H3,(H,21,28)(H,22,23,27). The van der Waals surface area contributed by atoms with Crippen LogP contribution in [0.2, 0.25) is 0 Å². The minimum absolute atomic E-state index is 0.0879. The first-order chi connectivity index (χ1) is 13.5. The second-order valence-corrected chi connectivity index (χ2v) is 7.34. The van der Waals surface area contributed by atoms with Crippen LogP contribution in [0.4, 0.5) is 16.3 Å². The number of para-hydroxylation sites is 1. The quantitative estimate of drug-likeness (QED) is 0.801. The molecular weight excluding hydrogens is 356 g/mol. The van der Waals surface area contributed by atoms with Crippen LogP contribution in [0.1, 0.15) is 12.8 Å². The number of piperidine rings is 1. The van der Waals surface area contributed by atoms with E-state index in [0.29, 0.717) is 18.9 Å². The fourth-order valence-electron chi connectivity index (χ4n) is 3.18. The van der Waals surface area contributed by atoms with E-state index in [1.165, 1.54) is 0 Å². The number of carbonyl (C=O) groups excluding carboxylic acids is 2. The minimum Gasteiger partial charge on any atom is -0.324 e. The molecule has 1 atom stereocenters. The number of nitrogens with zero attached hydrogens (tertiary/aromatic N) is 4. The topological polar surface area (TPSA) is 82.5 Å². The maximum absolute atomic E-state index is 12.6. The van der Waals surface area contributed by atoms with Gasteiger partial charge in [-0.05, 0) is 39.1 Å². The van der Waals surface area contributed by atoms with Crippen molar-refractivity contribution in [1.29, 1.82) is 0 Å². The van der Waals surface area contributed by atoms with E-state index in [2.05, 4.69) is 20.6 Å². The van der Waals surface area contributed by atoms with Gasteiger partial charge in [-0.15, -0.1) is 0 Å². The first kappa shape index (κ1) is 19.9. The third kappa shape index (κ3) is 5.56. The lowest BCUT2D eigenvalue weighted by molar-refractivity contribution is -0.121. The Kier molecular flexibility index (Phi) is 6.65. The third-order valence-electron chi connectivity index (χ3n) is 4.77. The number of likely N-dealkylation sites (N-methyl/N-ethyl adjacent to an activating group) is 1. The smallest absolute Gasteiger partial charge is 0.321 e. The number of hydrogen-bond donors (Lipinski definition) is 2. The molecule has 3 rings (SSSR count). The summed E-state index contributed by atoms with van der Waals surface area (Å²) in [7, 11) is 4.02. The van der Waals surface area contributed by atoms with Crippen LogP contribution in [0.3, 0.4) is 0 Å². The molecule has 1 aliphatic rings. The normalized spacial score (nSPS) is 16.8. The average Bonchev–Trinajstić information content (AvgIpc) is 3.14. The molecule has 0 aliphatic carbocycles. The van der Waals surface area contributed by atoms with Crippen molar-refractivity contribution in [3.05, 3.63) is 42.6 Å². The summed E-state index contributed by atoms with van der Waals surface area (Å²) in [5.74, 6) is 0.229. The largest absolute Gasteiger partial charge is 0.324 e. The number of anilines is 2. The highest BCUT2D eigenvalue weighted by Gasteiger charge is 2.28. The molecule has 8 heteroatoms. The van der Waals surface area contributed by atoms with Crippen LogP contribution in [0.15, 0.2) is 42.6 Å². The van der Waals surface area contributed by atoms with E-state index < -0.39 is 0 Å². The fourth-order valence-corrected chi connectivity index (χ4v) is 3.18. The molecule has 1 aliphatic heterocycles. The Morgan fingerprint density at radius 3 is 2.71 bits per heavy atom. The van der Waals surface area contributed by atoms with Crippen molar-refractivity contribution in [2.45, 2.75) is 19.4 Å². The van der Waals surface area contributed by atoms with Crippen molar-refractivity contribution >= 4 is 23.4 Å². The van der Waals surface area contributed by atoms with Crippen LogP contribution in [-0.2, 0) is 11.3 Å². The van der Waals surface area contributed by atoms with Gasteiger partial charge in [-0.1, -0.05) is 18.2 Å². The van der Waals surface area contributed by atoms with Gasteiger partial charge in [0.05, 0.1) is 12.5 Å². The Balaban J connectivity index is 1.52. The number of nitrogens with one attached hydrogen (secondary N) is 2. The van der Waals surface area contributed by atoms with E-state index in [0.717, 1.165) is 31.6 Å². The first-order valence-corrected chi connectivity index (χ1v) is 9.61. The Bertz CT molecular complexity index is 789. The number of hydrogen-bond acceptors (Lipinski definition) is 4. The first-order valence-electron chi connectivity index (χ1n) is 9.61. The Morgan fingerprint density at radius 1 is 1.18 bits per heavy atom. The molecular formula is C20H28N6O2. The molecule has 8 nitrogen and oxygen atoms in total. The number of urea groups is 1. The summed E-state index contributed by atoms with van der Waals surface area (Å²) >= 11 is 0. The zero-order chi connectivity index (χ0) is 19.9. The Hall–Kier alpha value is -2.87. The summed E-state index contributed by atoms with van der Waals surface area (Å²) < 4.78 is 1.82. The summed E-state index contributed by atoms with van der Waals surface area (Å²) in [6, 6.07) is 11.0. The maximum Gasteiger partial charge on any atom is 0.321 e. The predicted octanol–water partition coefficient (Wildman–Crippen LogP) is 2.33. The van der Waals surface area contributed by atoms with Crippen LogP contribution in [0, 0.1) is 5.92 Å². The summed E-state index contributed by atoms with van der Waals surface area (Å²) in [6.07, 6.45) is 3.43. The Labute approximate surface area is 165 Å². The highest BCUT2D eigenvalue weighted by molar-refractivity contribution is 5.93. The lowest BCUT2D eigenvalue weighted by atomic mass is 9.97. The van der Waals surface area contributed by atoms with Crippen molar-refractivity contribution in [2.75, 3.05) is 44.4 Å². The van der Waals surface area contributed by atoms with Crippen molar-refractivity contribution in [2.24, 2.45) is 5.92 Å². The average molecular weight is 384 g/mol. The highest BCUT2D eigenvalue weighted by atomic mass is 16.2. The molecule has 28 heavy (non-hydrogen) atoms. The zero-order valence-electron chi connectivity index (χ0n) is 16.5. The van der Waals surface area contributed by atoms with E-state index in [1.54, 1.807) is 11.0 Å². The summed E-state index contributed by atoms with van der Waals surface area (Å²) in [5.41, 5.74) is 0.752. The van der Waals surface area contributed by atoms with Gasteiger partial charge in [-0.2, -0.15) is 5.10 Å². The van der Waals surface area contributed by atoms with E-state index in [4.69, 9.17) is 0 Å². The van der Waals surface area contributed by atoms with Gasteiger partial charge in [0.2, 0.25) is 5.91 Å². The molecule has 3 amide bonds. The van der Waals surface area contributed by atoms with Gasteiger partial charge >= 0.3 is 6.03 Å². The monoisotopic (exact) mass is 384 g/mol. The molecule has 0 bridgehead atoms. The SMILES string of the molecule is CN(C)CCn1ccc(NC(=O)C2CCCN(C(=O)Nc3ccccc3)C2)n1. The second-order valence-electron chi connectivity index (χ2n) is 7.34. The van der Waals surface area contributed by atoms with E-state index in [-0.39, 0.29) is 17.9 Å². The number of likely N-dealkylation sites (tertiary alicyclic amines) is 1. The molecule has 1 saturated heterocycles. The van der Waals surface area contributed by atoms with Crippen LogP contribution < -0.4 is 10.6 Å². The third-order valence-corrected chi connectivity index (χ3v) is 4.77. The number of amides is 3. The van der Waals surface area contributed by atoms with Crippen LogP contribution in [0.5, 0.6) is 0 Å². The molecule has 1 fully saturated rings. The lowest BCUT2D eigenvalue weighted by Crippen LogP contribution is -2.45. The van der Waals surface area contributed by atoms with Gasteiger partial charge in [0.1, 0.15) is 0 Å². The zero-order valence-corrected chi connectivity index (χ0v) is 16.5. The highest BCUT2D eigenvalue weighted by Crippen LogP contribution is 2.19. The number of aromatic nitrogens is 2. The molecule has 0 radical (unpaired) electrons. The molecule has 0 saturated carbocycles. The van der Waals surface area contributed by atoms with Crippen LogP contribution >= 0.6 is 0 Å². The number of carbonyl (C=O) groups is 2. The Morgan fingerprint density at radius 2 is 1.96 bits per heavy atom. The summed E-state index contributed by atoms with van der Waals surface area (Å²) in [6.45, 7) is 2.70. The van der Waals surface area contributed by atoms with E-state index in [9.17, 15) is 9.59 Å². The van der Waals surface area contributed by atoms with Crippen molar-refractivity contribution in [3.63, 3.8) is 0 Å². The number of benzene rings is 1. The van der Waals surface area contributed by atoms with Crippen LogP contribution in [0.25, 0.3) is 0 Å². The molecule has 0 spiro atoms. The van der Waals surface area contributed by atoms with Gasteiger partial charge < -0.3 is 20.4 Å². The molecule has 2 heterocycles. The van der Waals surface area contributed by atoms with Gasteiger partial charge in [-0.25, -0.2) is 4.79 Å². The molecule has 2 N–H and O–H groups in total. The molecule has 2 aromatic rings. The maximum atomic E-state index is 12.6. The fraction of sp³-hybridized carbons (Fsp3) is 0.450. The van der Waals surface area contributed by atoms with E-state index in [1.807, 2.05) is 55.3 Å². The van der Waals surface area contributed by atoms with Crippen molar-refractivity contribution in [3.8, 4) is 0 Å².